The first-order chi connectivity index (χ1) is 7.15. The first-order valence-corrected chi connectivity index (χ1v) is 6.83. The van der Waals surface area contributed by atoms with Crippen LogP contribution in [0.25, 0.3) is 0 Å². The molecule has 2 atom stereocenters. The Kier molecular flexibility index (Phi) is 5.25. The highest BCUT2D eigenvalue weighted by atomic mass is 32.2. The molecule has 1 aliphatic carbocycles. The number of hydrogen-bond donors (Lipinski definition) is 0. The van der Waals surface area contributed by atoms with Gasteiger partial charge < -0.3 is 0 Å². The Bertz CT molecular complexity index is 271. The Balaban J connectivity index is 2.47. The summed E-state index contributed by atoms with van der Waals surface area (Å²) in [6.45, 7) is 6.80. The number of hydrogen-bond acceptors (Lipinski definition) is 2. The Morgan fingerprint density at radius 2 is 2.27 bits per heavy atom. The Morgan fingerprint density at radius 1 is 1.53 bits per heavy atom. The molecule has 84 valence electrons. The maximum atomic E-state index is 8.53. The second-order valence-electron chi connectivity index (χ2n) is 4.64. The molecular formula is C13H21NS. The van der Waals surface area contributed by atoms with Gasteiger partial charge in [-0.3, -0.25) is 0 Å². The van der Waals surface area contributed by atoms with Gasteiger partial charge in [0.05, 0.1) is 6.07 Å². The Labute approximate surface area is 97.9 Å². The van der Waals surface area contributed by atoms with E-state index in [0.717, 1.165) is 16.9 Å². The third kappa shape index (κ3) is 3.91. The summed E-state index contributed by atoms with van der Waals surface area (Å²) in [6, 6.07) is 2.22. The van der Waals surface area contributed by atoms with Crippen molar-refractivity contribution in [1.29, 1.82) is 5.26 Å². The van der Waals surface area contributed by atoms with Crippen molar-refractivity contribution >= 4 is 11.8 Å². The molecule has 0 aromatic carbocycles. The zero-order chi connectivity index (χ0) is 11.3. The first kappa shape index (κ1) is 12.6. The second kappa shape index (κ2) is 6.23. The van der Waals surface area contributed by atoms with Crippen LogP contribution in [0.2, 0.25) is 0 Å². The van der Waals surface area contributed by atoms with E-state index in [9.17, 15) is 0 Å². The van der Waals surface area contributed by atoms with Gasteiger partial charge >= 0.3 is 0 Å². The van der Waals surface area contributed by atoms with Crippen molar-refractivity contribution in [2.45, 2.75) is 51.7 Å². The fourth-order valence-corrected chi connectivity index (χ4v) is 3.36. The lowest BCUT2D eigenvalue weighted by atomic mass is 9.85. The standard InChI is InChI=1S/C13H21NS/c1-10(2)12-6-5-11(3)13(9-12)15-8-4-7-14/h11,13H,4-6,8-9H2,1-3H3. The summed E-state index contributed by atoms with van der Waals surface area (Å²) in [5.41, 5.74) is 3.16. The Hall–Kier alpha value is -0.420. The summed E-state index contributed by atoms with van der Waals surface area (Å²) in [5, 5.41) is 9.28. The molecule has 0 aliphatic heterocycles. The van der Waals surface area contributed by atoms with E-state index in [1.165, 1.54) is 24.8 Å². The lowest BCUT2D eigenvalue weighted by molar-refractivity contribution is 0.454. The highest BCUT2D eigenvalue weighted by molar-refractivity contribution is 7.99. The van der Waals surface area contributed by atoms with E-state index < -0.39 is 0 Å². The average molecular weight is 223 g/mol. The second-order valence-corrected chi connectivity index (χ2v) is 5.99. The molecule has 0 bridgehead atoms. The van der Waals surface area contributed by atoms with Crippen LogP contribution in [0.4, 0.5) is 0 Å². The van der Waals surface area contributed by atoms with Gasteiger partial charge in [0.25, 0.3) is 0 Å². The zero-order valence-electron chi connectivity index (χ0n) is 10.0. The van der Waals surface area contributed by atoms with E-state index >= 15 is 0 Å². The van der Waals surface area contributed by atoms with Gasteiger partial charge in [-0.1, -0.05) is 18.1 Å². The van der Waals surface area contributed by atoms with Gasteiger partial charge in [-0.15, -0.1) is 0 Å². The van der Waals surface area contributed by atoms with Gasteiger partial charge in [0, 0.05) is 17.4 Å². The molecular weight excluding hydrogens is 202 g/mol. The molecule has 2 unspecified atom stereocenters. The van der Waals surface area contributed by atoms with Gasteiger partial charge in [0.15, 0.2) is 0 Å². The van der Waals surface area contributed by atoms with Crippen LogP contribution in [0.1, 0.15) is 46.5 Å². The smallest absolute Gasteiger partial charge is 0.0630 e. The fourth-order valence-electron chi connectivity index (χ4n) is 2.07. The van der Waals surface area contributed by atoms with Gasteiger partial charge in [0.1, 0.15) is 0 Å². The van der Waals surface area contributed by atoms with Crippen LogP contribution in [-0.4, -0.2) is 11.0 Å². The van der Waals surface area contributed by atoms with Crippen molar-refractivity contribution in [3.05, 3.63) is 11.1 Å². The highest BCUT2D eigenvalue weighted by Gasteiger charge is 2.24. The van der Waals surface area contributed by atoms with Crippen LogP contribution in [-0.2, 0) is 0 Å². The third-order valence-corrected chi connectivity index (χ3v) is 4.74. The first-order valence-electron chi connectivity index (χ1n) is 5.79. The van der Waals surface area contributed by atoms with Crippen LogP contribution >= 0.6 is 11.8 Å². The van der Waals surface area contributed by atoms with E-state index in [1.807, 2.05) is 11.8 Å². The van der Waals surface area contributed by atoms with Gasteiger partial charge in [0.2, 0.25) is 0 Å². The Morgan fingerprint density at radius 3 is 2.87 bits per heavy atom. The van der Waals surface area contributed by atoms with E-state index in [1.54, 1.807) is 5.57 Å². The van der Waals surface area contributed by atoms with Crippen LogP contribution in [0.3, 0.4) is 0 Å². The molecule has 0 spiro atoms. The van der Waals surface area contributed by atoms with Crippen molar-refractivity contribution in [1.82, 2.24) is 0 Å². The van der Waals surface area contributed by atoms with Gasteiger partial charge in [-0.2, -0.15) is 17.0 Å². The van der Waals surface area contributed by atoms with Crippen molar-refractivity contribution in [3.8, 4) is 6.07 Å². The third-order valence-electron chi connectivity index (χ3n) is 3.24. The molecule has 2 heteroatoms. The molecule has 0 radical (unpaired) electrons. The summed E-state index contributed by atoms with van der Waals surface area (Å²) in [6.07, 6.45) is 4.56. The van der Waals surface area contributed by atoms with E-state index in [4.69, 9.17) is 5.26 Å². The molecule has 1 saturated carbocycles. The fraction of sp³-hybridized carbons (Fsp3) is 0.769. The predicted octanol–water partition coefficient (Wildman–Crippen LogP) is 4.16. The van der Waals surface area contributed by atoms with Crippen LogP contribution < -0.4 is 0 Å². The minimum Gasteiger partial charge on any atom is -0.198 e. The number of nitriles is 1. The molecule has 0 amide bonds. The van der Waals surface area contributed by atoms with Crippen LogP contribution in [0, 0.1) is 17.2 Å². The molecule has 1 rings (SSSR count). The predicted molar refractivity (Wildman–Crippen MR) is 67.9 cm³/mol. The van der Waals surface area contributed by atoms with Gasteiger partial charge in [-0.25, -0.2) is 0 Å². The average Bonchev–Trinajstić information content (AvgIpc) is 2.20. The topological polar surface area (TPSA) is 23.8 Å². The van der Waals surface area contributed by atoms with Gasteiger partial charge in [-0.05, 0) is 39.0 Å². The van der Waals surface area contributed by atoms with Crippen molar-refractivity contribution in [3.63, 3.8) is 0 Å². The minimum absolute atomic E-state index is 0.693. The summed E-state index contributed by atoms with van der Waals surface area (Å²) in [4.78, 5) is 0. The molecule has 1 aliphatic rings. The van der Waals surface area contributed by atoms with Crippen LogP contribution in [0.5, 0.6) is 0 Å². The van der Waals surface area contributed by atoms with E-state index in [-0.39, 0.29) is 0 Å². The van der Waals surface area contributed by atoms with Crippen LogP contribution in [0.15, 0.2) is 11.1 Å². The molecule has 0 N–H and O–H groups in total. The monoisotopic (exact) mass is 223 g/mol. The summed E-state index contributed by atoms with van der Waals surface area (Å²) in [7, 11) is 0. The maximum absolute atomic E-state index is 8.53. The van der Waals surface area contributed by atoms with Crippen molar-refractivity contribution in [2.24, 2.45) is 5.92 Å². The molecule has 1 fully saturated rings. The molecule has 0 heterocycles. The molecule has 0 saturated heterocycles. The molecule has 15 heavy (non-hydrogen) atoms. The van der Waals surface area contributed by atoms with Crippen molar-refractivity contribution in [2.75, 3.05) is 5.75 Å². The summed E-state index contributed by atoms with van der Waals surface area (Å²) in [5.74, 6) is 1.82. The number of allylic oxidation sites excluding steroid dienone is 2. The van der Waals surface area contributed by atoms with E-state index in [0.29, 0.717) is 6.42 Å². The minimum atomic E-state index is 0.693. The lowest BCUT2D eigenvalue weighted by Crippen LogP contribution is -2.21. The summed E-state index contributed by atoms with van der Waals surface area (Å²) >= 11 is 1.99. The molecule has 1 nitrogen and oxygen atoms in total. The molecule has 0 aromatic rings. The lowest BCUT2D eigenvalue weighted by Gasteiger charge is -2.30. The number of nitrogens with zero attached hydrogens (tertiary/aromatic N) is 1. The summed E-state index contributed by atoms with van der Waals surface area (Å²) < 4.78 is 0. The normalized spacial score (nSPS) is 26.1. The van der Waals surface area contributed by atoms with Crippen molar-refractivity contribution < 1.29 is 0 Å². The highest BCUT2D eigenvalue weighted by Crippen LogP contribution is 2.37. The quantitative estimate of drug-likeness (QED) is 0.530. The largest absolute Gasteiger partial charge is 0.198 e. The maximum Gasteiger partial charge on any atom is 0.0630 e. The SMILES string of the molecule is CC(C)=C1CCC(C)C(SCCC#N)C1. The van der Waals surface area contributed by atoms with E-state index in [2.05, 4.69) is 26.8 Å². The number of thioether (sulfide) groups is 1. The zero-order valence-corrected chi connectivity index (χ0v) is 10.9. The number of rotatable bonds is 3. The molecule has 0 aromatic heterocycles.